The van der Waals surface area contributed by atoms with Gasteiger partial charge in [0.05, 0.1) is 12.2 Å². The maximum Gasteiger partial charge on any atom is 0.341 e. The third kappa shape index (κ3) is 4.80. The highest BCUT2D eigenvalue weighted by Gasteiger charge is 2.22. The highest BCUT2D eigenvalue weighted by molar-refractivity contribution is 7.16. The van der Waals surface area contributed by atoms with Crippen LogP contribution in [0.1, 0.15) is 72.7 Å². The van der Waals surface area contributed by atoms with Crippen molar-refractivity contribution in [3.8, 4) is 0 Å². The van der Waals surface area contributed by atoms with E-state index in [-0.39, 0.29) is 11.9 Å². The number of amides is 1. The highest BCUT2D eigenvalue weighted by Crippen LogP contribution is 2.33. The maximum atomic E-state index is 12.3. The molecule has 4 nitrogen and oxygen atoms in total. The van der Waals surface area contributed by atoms with Gasteiger partial charge in [0.2, 0.25) is 5.91 Å². The molecular formula is C18H27NO3S. The van der Waals surface area contributed by atoms with Crippen LogP contribution in [0.3, 0.4) is 0 Å². The molecule has 5 heteroatoms. The number of esters is 1. The van der Waals surface area contributed by atoms with E-state index in [1.165, 1.54) is 43.4 Å². The summed E-state index contributed by atoms with van der Waals surface area (Å²) in [7, 11) is 0. The largest absolute Gasteiger partial charge is 0.462 e. The van der Waals surface area contributed by atoms with Crippen LogP contribution in [-0.2, 0) is 9.53 Å². The van der Waals surface area contributed by atoms with Crippen molar-refractivity contribution in [1.82, 2.24) is 0 Å². The van der Waals surface area contributed by atoms with Gasteiger partial charge >= 0.3 is 5.97 Å². The lowest BCUT2D eigenvalue weighted by Gasteiger charge is -2.20. The Morgan fingerprint density at radius 1 is 1.22 bits per heavy atom. The van der Waals surface area contributed by atoms with Crippen molar-refractivity contribution >= 4 is 28.2 Å². The summed E-state index contributed by atoms with van der Waals surface area (Å²) in [4.78, 5) is 25.4. The number of aryl methyl sites for hydroxylation is 1. The van der Waals surface area contributed by atoms with Gasteiger partial charge in [-0.2, -0.15) is 0 Å². The first-order valence-corrected chi connectivity index (χ1v) is 9.41. The fraction of sp³-hybridized carbons (Fsp3) is 0.667. The van der Waals surface area contributed by atoms with Gasteiger partial charge in [-0.15, -0.1) is 11.3 Å². The smallest absolute Gasteiger partial charge is 0.341 e. The molecule has 1 heterocycles. The molecular weight excluding hydrogens is 310 g/mol. The van der Waals surface area contributed by atoms with Gasteiger partial charge in [0.1, 0.15) is 5.00 Å². The van der Waals surface area contributed by atoms with Gasteiger partial charge in [0.15, 0.2) is 0 Å². The zero-order chi connectivity index (χ0) is 16.8. The van der Waals surface area contributed by atoms with Gasteiger partial charge in [-0.3, -0.25) is 4.79 Å². The minimum atomic E-state index is -0.350. The van der Waals surface area contributed by atoms with Gasteiger partial charge < -0.3 is 10.1 Å². The molecule has 0 aromatic carbocycles. The molecule has 1 fully saturated rings. The molecule has 1 aliphatic carbocycles. The van der Waals surface area contributed by atoms with Crippen LogP contribution in [0.5, 0.6) is 0 Å². The Kier molecular flexibility index (Phi) is 6.63. The lowest BCUT2D eigenvalue weighted by Crippen LogP contribution is -2.16. The summed E-state index contributed by atoms with van der Waals surface area (Å²) < 4.78 is 5.12. The van der Waals surface area contributed by atoms with Crippen molar-refractivity contribution in [2.45, 2.75) is 65.7 Å². The average Bonchev–Trinajstić information content (AvgIpc) is 2.81. The third-order valence-electron chi connectivity index (χ3n) is 4.62. The fourth-order valence-electron chi connectivity index (χ4n) is 3.16. The molecule has 0 atom stereocenters. The topological polar surface area (TPSA) is 55.4 Å². The van der Waals surface area contributed by atoms with E-state index in [0.29, 0.717) is 29.5 Å². The Morgan fingerprint density at radius 2 is 1.91 bits per heavy atom. The number of hydrogen-bond acceptors (Lipinski definition) is 4. The van der Waals surface area contributed by atoms with Crippen LogP contribution in [0.2, 0.25) is 0 Å². The molecule has 1 N–H and O–H groups in total. The van der Waals surface area contributed by atoms with Gasteiger partial charge in [0, 0.05) is 11.3 Å². The molecule has 23 heavy (non-hydrogen) atoms. The minimum absolute atomic E-state index is 0.00220. The van der Waals surface area contributed by atoms with Gasteiger partial charge in [-0.25, -0.2) is 4.79 Å². The van der Waals surface area contributed by atoms with E-state index in [1.54, 1.807) is 6.92 Å². The molecule has 0 saturated heterocycles. The SMILES string of the molecule is CCOC(=O)c1c(NC(=O)CCC2CCCCC2)sc(C)c1C. The Bertz CT molecular complexity index is 559. The van der Waals surface area contributed by atoms with E-state index in [9.17, 15) is 9.59 Å². The van der Waals surface area contributed by atoms with E-state index >= 15 is 0 Å². The number of rotatable bonds is 6. The van der Waals surface area contributed by atoms with Crippen molar-refractivity contribution in [1.29, 1.82) is 0 Å². The molecule has 0 aliphatic heterocycles. The van der Waals surface area contributed by atoms with Crippen molar-refractivity contribution in [2.24, 2.45) is 5.92 Å². The van der Waals surface area contributed by atoms with Crippen molar-refractivity contribution < 1.29 is 14.3 Å². The number of anilines is 1. The van der Waals surface area contributed by atoms with Crippen LogP contribution in [0.25, 0.3) is 0 Å². The van der Waals surface area contributed by atoms with Crippen LogP contribution in [0.4, 0.5) is 5.00 Å². The summed E-state index contributed by atoms with van der Waals surface area (Å²) in [6.45, 7) is 5.98. The predicted molar refractivity (Wildman–Crippen MR) is 94.2 cm³/mol. The zero-order valence-corrected chi connectivity index (χ0v) is 15.2. The van der Waals surface area contributed by atoms with Crippen LogP contribution in [0, 0.1) is 19.8 Å². The number of carbonyl (C=O) groups excluding carboxylic acids is 2. The predicted octanol–water partition coefficient (Wildman–Crippen LogP) is 4.84. The summed E-state index contributed by atoms with van der Waals surface area (Å²) in [6, 6.07) is 0. The monoisotopic (exact) mass is 337 g/mol. The highest BCUT2D eigenvalue weighted by atomic mass is 32.1. The number of thiophene rings is 1. The lowest BCUT2D eigenvalue weighted by molar-refractivity contribution is -0.116. The zero-order valence-electron chi connectivity index (χ0n) is 14.4. The molecule has 1 aromatic heterocycles. The summed E-state index contributed by atoms with van der Waals surface area (Å²) in [5.41, 5.74) is 1.41. The van der Waals surface area contributed by atoms with E-state index in [0.717, 1.165) is 16.9 Å². The summed E-state index contributed by atoms with van der Waals surface area (Å²) in [6.07, 6.45) is 7.90. The van der Waals surface area contributed by atoms with Crippen LogP contribution in [0.15, 0.2) is 0 Å². The first kappa shape index (κ1) is 18.0. The Hall–Kier alpha value is -1.36. The maximum absolute atomic E-state index is 12.3. The van der Waals surface area contributed by atoms with Gasteiger partial charge in [-0.1, -0.05) is 32.1 Å². The second kappa shape index (κ2) is 8.48. The average molecular weight is 337 g/mol. The molecule has 1 amide bonds. The molecule has 0 unspecified atom stereocenters. The summed E-state index contributed by atoms with van der Waals surface area (Å²) in [5.74, 6) is 0.338. The van der Waals surface area contributed by atoms with E-state index in [1.807, 2.05) is 13.8 Å². The summed E-state index contributed by atoms with van der Waals surface area (Å²) >= 11 is 1.45. The van der Waals surface area contributed by atoms with Crippen molar-refractivity contribution in [3.05, 3.63) is 16.0 Å². The summed E-state index contributed by atoms with van der Waals surface area (Å²) in [5, 5.41) is 3.56. The third-order valence-corrected chi connectivity index (χ3v) is 5.74. The first-order valence-electron chi connectivity index (χ1n) is 8.59. The second-order valence-electron chi connectivity index (χ2n) is 6.30. The van der Waals surface area contributed by atoms with Crippen LogP contribution in [-0.4, -0.2) is 18.5 Å². The molecule has 1 aliphatic rings. The number of hydrogen-bond donors (Lipinski definition) is 1. The molecule has 2 rings (SSSR count). The molecule has 0 spiro atoms. The van der Waals surface area contributed by atoms with Gasteiger partial charge in [-0.05, 0) is 38.7 Å². The Labute approximate surface area is 142 Å². The van der Waals surface area contributed by atoms with E-state index < -0.39 is 0 Å². The standard InChI is InChI=1S/C18H27NO3S/c1-4-22-18(21)16-12(2)13(3)23-17(16)19-15(20)11-10-14-8-6-5-7-9-14/h14H,4-11H2,1-3H3,(H,19,20). The molecule has 0 radical (unpaired) electrons. The Balaban J connectivity index is 1.97. The van der Waals surface area contributed by atoms with Gasteiger partial charge in [0.25, 0.3) is 0 Å². The van der Waals surface area contributed by atoms with Crippen LogP contribution >= 0.6 is 11.3 Å². The fourth-order valence-corrected chi connectivity index (χ4v) is 4.23. The number of nitrogens with one attached hydrogen (secondary N) is 1. The van der Waals surface area contributed by atoms with E-state index in [2.05, 4.69) is 5.32 Å². The van der Waals surface area contributed by atoms with Crippen molar-refractivity contribution in [2.75, 3.05) is 11.9 Å². The second-order valence-corrected chi connectivity index (χ2v) is 7.52. The molecule has 128 valence electrons. The molecule has 1 aromatic rings. The van der Waals surface area contributed by atoms with Crippen LogP contribution < -0.4 is 5.32 Å². The molecule has 1 saturated carbocycles. The van der Waals surface area contributed by atoms with E-state index in [4.69, 9.17) is 4.74 Å². The minimum Gasteiger partial charge on any atom is -0.462 e. The number of carbonyl (C=O) groups is 2. The first-order chi connectivity index (χ1) is 11.0. The normalized spacial score (nSPS) is 15.4. The number of ether oxygens (including phenoxy) is 1. The Morgan fingerprint density at radius 3 is 2.57 bits per heavy atom. The molecule has 0 bridgehead atoms. The lowest BCUT2D eigenvalue weighted by atomic mass is 9.86. The quantitative estimate of drug-likeness (QED) is 0.756. The van der Waals surface area contributed by atoms with Crippen molar-refractivity contribution in [3.63, 3.8) is 0 Å².